The van der Waals surface area contributed by atoms with Crippen LogP contribution in [-0.4, -0.2) is 22.9 Å². The van der Waals surface area contributed by atoms with Crippen molar-refractivity contribution in [3.8, 4) is 0 Å². The van der Waals surface area contributed by atoms with E-state index in [-0.39, 0.29) is 5.91 Å². The normalized spacial score (nSPS) is 10.2. The number of aromatic nitrogens is 2. The second-order valence-corrected chi connectivity index (χ2v) is 4.97. The molecule has 0 aliphatic rings. The van der Waals surface area contributed by atoms with Crippen molar-refractivity contribution >= 4 is 28.2 Å². The number of amides is 1. The zero-order valence-corrected chi connectivity index (χ0v) is 11.3. The Morgan fingerprint density at radius 3 is 2.78 bits per heavy atom. The summed E-state index contributed by atoms with van der Waals surface area (Å²) in [6, 6.07) is 3.45. The van der Waals surface area contributed by atoms with Crippen LogP contribution >= 0.6 is 11.3 Å². The van der Waals surface area contributed by atoms with Gasteiger partial charge in [0.2, 0.25) is 0 Å². The fourth-order valence-corrected chi connectivity index (χ4v) is 2.29. The van der Waals surface area contributed by atoms with Crippen LogP contribution in [0, 0.1) is 13.8 Å². The van der Waals surface area contributed by atoms with E-state index in [1.165, 1.54) is 11.3 Å². The molecule has 2 aromatic heterocycles. The number of pyridine rings is 1. The maximum atomic E-state index is 12.1. The molecular weight excluding hydrogens is 248 g/mol. The Balaban J connectivity index is 2.22. The minimum atomic E-state index is -0.207. The van der Waals surface area contributed by atoms with Crippen molar-refractivity contribution in [2.24, 2.45) is 0 Å². The van der Waals surface area contributed by atoms with Gasteiger partial charge in [-0.25, -0.2) is 9.97 Å². The summed E-state index contributed by atoms with van der Waals surface area (Å²) in [5, 5.41) is 6.28. The molecular formula is C12H14N4OS. The number of nitrogens with zero attached hydrogens (tertiary/aromatic N) is 2. The van der Waals surface area contributed by atoms with Gasteiger partial charge in [0, 0.05) is 18.1 Å². The van der Waals surface area contributed by atoms with Gasteiger partial charge in [0.25, 0.3) is 5.91 Å². The van der Waals surface area contributed by atoms with E-state index in [0.717, 1.165) is 10.6 Å². The van der Waals surface area contributed by atoms with E-state index in [4.69, 9.17) is 0 Å². The third-order valence-corrected chi connectivity index (χ3v) is 3.53. The minimum absolute atomic E-state index is 0.207. The van der Waals surface area contributed by atoms with Gasteiger partial charge in [0.1, 0.15) is 5.82 Å². The molecule has 0 fully saturated rings. The fraction of sp³-hybridized carbons (Fsp3) is 0.250. The molecule has 0 saturated heterocycles. The van der Waals surface area contributed by atoms with E-state index in [0.29, 0.717) is 16.5 Å². The van der Waals surface area contributed by atoms with Gasteiger partial charge < -0.3 is 5.32 Å². The van der Waals surface area contributed by atoms with E-state index in [2.05, 4.69) is 20.6 Å². The zero-order valence-electron chi connectivity index (χ0n) is 10.4. The van der Waals surface area contributed by atoms with Gasteiger partial charge >= 0.3 is 0 Å². The van der Waals surface area contributed by atoms with Gasteiger partial charge in [-0.3, -0.25) is 10.1 Å². The average molecular weight is 262 g/mol. The largest absolute Gasteiger partial charge is 0.372 e. The highest BCUT2D eigenvalue weighted by Gasteiger charge is 2.13. The van der Waals surface area contributed by atoms with Gasteiger partial charge in [-0.1, -0.05) is 0 Å². The Bertz CT molecular complexity index is 560. The SMILES string of the molecule is CNc1ncccc1C(=O)Nc1nc(C)c(C)s1. The van der Waals surface area contributed by atoms with E-state index < -0.39 is 0 Å². The number of aryl methyl sites for hydroxylation is 2. The quantitative estimate of drug-likeness (QED) is 0.891. The molecule has 0 bridgehead atoms. The van der Waals surface area contributed by atoms with Crippen LogP contribution in [0.15, 0.2) is 18.3 Å². The fourth-order valence-electron chi connectivity index (χ4n) is 1.48. The first-order chi connectivity index (χ1) is 8.61. The van der Waals surface area contributed by atoms with Crippen molar-refractivity contribution in [2.45, 2.75) is 13.8 Å². The highest BCUT2D eigenvalue weighted by atomic mass is 32.1. The third kappa shape index (κ3) is 2.48. The molecule has 2 N–H and O–H groups in total. The third-order valence-electron chi connectivity index (χ3n) is 2.54. The van der Waals surface area contributed by atoms with Crippen molar-refractivity contribution in [3.05, 3.63) is 34.5 Å². The molecule has 0 unspecified atom stereocenters. The number of anilines is 2. The van der Waals surface area contributed by atoms with Gasteiger partial charge in [-0.2, -0.15) is 0 Å². The summed E-state index contributed by atoms with van der Waals surface area (Å²) in [5.41, 5.74) is 1.45. The van der Waals surface area contributed by atoms with Crippen LogP contribution in [0.2, 0.25) is 0 Å². The van der Waals surface area contributed by atoms with Crippen LogP contribution in [0.25, 0.3) is 0 Å². The van der Waals surface area contributed by atoms with Crippen LogP contribution in [0.4, 0.5) is 10.9 Å². The van der Waals surface area contributed by atoms with E-state index in [9.17, 15) is 4.79 Å². The molecule has 2 aromatic rings. The molecule has 2 heterocycles. The Labute approximate surface area is 109 Å². The highest BCUT2D eigenvalue weighted by Crippen LogP contribution is 2.22. The van der Waals surface area contributed by atoms with Crippen LogP contribution < -0.4 is 10.6 Å². The number of rotatable bonds is 3. The molecule has 18 heavy (non-hydrogen) atoms. The maximum absolute atomic E-state index is 12.1. The Morgan fingerprint density at radius 2 is 2.17 bits per heavy atom. The van der Waals surface area contributed by atoms with Crippen LogP contribution in [-0.2, 0) is 0 Å². The molecule has 5 nitrogen and oxygen atoms in total. The summed E-state index contributed by atoms with van der Waals surface area (Å²) < 4.78 is 0. The van der Waals surface area contributed by atoms with Gasteiger partial charge in [-0.05, 0) is 26.0 Å². The van der Waals surface area contributed by atoms with Crippen molar-refractivity contribution in [3.63, 3.8) is 0 Å². The summed E-state index contributed by atoms with van der Waals surface area (Å²) in [6.07, 6.45) is 1.64. The van der Waals surface area contributed by atoms with Crippen molar-refractivity contribution in [1.82, 2.24) is 9.97 Å². The summed E-state index contributed by atoms with van der Waals surface area (Å²) >= 11 is 1.47. The Kier molecular flexibility index (Phi) is 3.57. The molecule has 94 valence electrons. The highest BCUT2D eigenvalue weighted by molar-refractivity contribution is 7.15. The molecule has 2 rings (SSSR count). The second kappa shape index (κ2) is 5.14. The summed E-state index contributed by atoms with van der Waals surface area (Å²) in [7, 11) is 1.73. The molecule has 0 aromatic carbocycles. The first kappa shape index (κ1) is 12.5. The first-order valence-corrected chi connectivity index (χ1v) is 6.31. The molecule has 0 radical (unpaired) electrons. The number of nitrogens with one attached hydrogen (secondary N) is 2. The number of hydrogen-bond donors (Lipinski definition) is 2. The topological polar surface area (TPSA) is 66.9 Å². The minimum Gasteiger partial charge on any atom is -0.372 e. The maximum Gasteiger partial charge on any atom is 0.261 e. The lowest BCUT2D eigenvalue weighted by Gasteiger charge is -2.06. The molecule has 1 amide bonds. The molecule has 6 heteroatoms. The Hall–Kier alpha value is -1.95. The van der Waals surface area contributed by atoms with Crippen LogP contribution in [0.3, 0.4) is 0 Å². The summed E-state index contributed by atoms with van der Waals surface area (Å²) in [6.45, 7) is 3.90. The predicted octanol–water partition coefficient (Wildman–Crippen LogP) is 2.45. The number of carbonyl (C=O) groups excluding carboxylic acids is 1. The molecule has 0 atom stereocenters. The van der Waals surface area contributed by atoms with Gasteiger partial charge in [0.05, 0.1) is 11.3 Å². The van der Waals surface area contributed by atoms with E-state index in [1.807, 2.05) is 13.8 Å². The lowest BCUT2D eigenvalue weighted by Crippen LogP contribution is -2.14. The summed E-state index contributed by atoms with van der Waals surface area (Å²) in [5.74, 6) is 0.348. The number of carbonyl (C=O) groups is 1. The van der Waals surface area contributed by atoms with Crippen molar-refractivity contribution in [1.29, 1.82) is 0 Å². The lowest BCUT2D eigenvalue weighted by molar-refractivity contribution is 0.102. The molecule has 0 saturated carbocycles. The first-order valence-electron chi connectivity index (χ1n) is 5.50. The monoisotopic (exact) mass is 262 g/mol. The predicted molar refractivity (Wildman–Crippen MR) is 73.3 cm³/mol. The standard InChI is InChI=1S/C12H14N4OS/c1-7-8(2)18-12(15-7)16-11(17)9-5-4-6-14-10(9)13-3/h4-6H,1-3H3,(H,13,14)(H,15,16,17). The van der Waals surface area contributed by atoms with Gasteiger partial charge in [0.15, 0.2) is 5.13 Å². The lowest BCUT2D eigenvalue weighted by atomic mass is 10.2. The van der Waals surface area contributed by atoms with Crippen molar-refractivity contribution in [2.75, 3.05) is 17.7 Å². The Morgan fingerprint density at radius 1 is 1.39 bits per heavy atom. The van der Waals surface area contributed by atoms with Crippen molar-refractivity contribution < 1.29 is 4.79 Å². The molecule has 0 aliphatic carbocycles. The van der Waals surface area contributed by atoms with E-state index in [1.54, 1.807) is 25.4 Å². The smallest absolute Gasteiger partial charge is 0.261 e. The second-order valence-electron chi connectivity index (χ2n) is 3.76. The zero-order chi connectivity index (χ0) is 13.1. The average Bonchev–Trinajstić information content (AvgIpc) is 2.68. The molecule has 0 spiro atoms. The van der Waals surface area contributed by atoms with Gasteiger partial charge in [-0.15, -0.1) is 11.3 Å². The van der Waals surface area contributed by atoms with Crippen LogP contribution in [0.5, 0.6) is 0 Å². The number of thiazole rings is 1. The van der Waals surface area contributed by atoms with Crippen LogP contribution in [0.1, 0.15) is 20.9 Å². The molecule has 0 aliphatic heterocycles. The summed E-state index contributed by atoms with van der Waals surface area (Å²) in [4.78, 5) is 21.6. The van der Waals surface area contributed by atoms with E-state index >= 15 is 0 Å². The number of hydrogen-bond acceptors (Lipinski definition) is 5.